The Morgan fingerprint density at radius 3 is 2.33 bits per heavy atom. The Hall–Kier alpha value is -2.32. The molecule has 3 N–H and O–H groups in total. The number of nitrogens with zero attached hydrogens (tertiary/aromatic N) is 1. The maximum Gasteiger partial charge on any atom is 0.306 e. The van der Waals surface area contributed by atoms with Crippen molar-refractivity contribution in [2.45, 2.75) is 64.8 Å². The van der Waals surface area contributed by atoms with Crippen LogP contribution in [-0.2, 0) is 4.79 Å². The Morgan fingerprint density at radius 1 is 1.30 bits per heavy atom. The first-order chi connectivity index (χ1) is 12.3. The molecule has 0 aromatic carbocycles. The zero-order chi connectivity index (χ0) is 20.6. The molecule has 1 aliphatic carbocycles. The molecule has 150 valence electrons. The van der Waals surface area contributed by atoms with Crippen molar-refractivity contribution in [3.05, 3.63) is 23.5 Å². The summed E-state index contributed by atoms with van der Waals surface area (Å²) in [5, 5.41) is 2.48. The average molecular weight is 387 g/mol. The molecule has 6 nitrogen and oxygen atoms in total. The molecule has 1 aliphatic rings. The van der Waals surface area contributed by atoms with E-state index in [4.69, 9.17) is 10.5 Å². The lowest BCUT2D eigenvalue weighted by atomic mass is 9.86. The van der Waals surface area contributed by atoms with Crippen molar-refractivity contribution < 1.29 is 27.5 Å². The molecule has 9 heteroatoms. The number of nitrogens with one attached hydrogen (secondary N) is 1. The Bertz CT molecular complexity index is 728. The first kappa shape index (κ1) is 21.0. The first-order valence-corrected chi connectivity index (χ1v) is 8.59. The topological polar surface area (TPSA) is 94.3 Å². The molecule has 1 unspecified atom stereocenters. The number of amides is 2. The lowest BCUT2D eigenvalue weighted by Gasteiger charge is -2.28. The fourth-order valence-electron chi connectivity index (χ4n) is 2.54. The van der Waals surface area contributed by atoms with Crippen molar-refractivity contribution >= 4 is 11.8 Å². The summed E-state index contributed by atoms with van der Waals surface area (Å²) in [4.78, 5) is 28.1. The molecule has 0 bridgehead atoms. The number of primary amides is 1. The first-order valence-electron chi connectivity index (χ1n) is 8.59. The molecule has 1 aromatic heterocycles. The van der Waals surface area contributed by atoms with Gasteiger partial charge in [0.15, 0.2) is 0 Å². The van der Waals surface area contributed by atoms with Crippen LogP contribution in [0.25, 0.3) is 0 Å². The van der Waals surface area contributed by atoms with Crippen molar-refractivity contribution in [3.63, 3.8) is 0 Å². The molecular formula is C18H24F3N3O3. The normalized spacial score (nSPS) is 17.9. The summed E-state index contributed by atoms with van der Waals surface area (Å²) < 4.78 is 44.6. The van der Waals surface area contributed by atoms with E-state index < -0.39 is 35.6 Å². The Kier molecular flexibility index (Phi) is 5.72. The quantitative estimate of drug-likeness (QED) is 0.752. The number of rotatable bonds is 7. The SMILES string of the molecule is CC(C)(C)C(NC(=O)c1cc(O[C@@](C)(F)C(F)F)c(C2CC2)cn1)C(N)=O. The van der Waals surface area contributed by atoms with Crippen molar-refractivity contribution in [1.82, 2.24) is 10.3 Å². The predicted molar refractivity (Wildman–Crippen MR) is 92.3 cm³/mol. The van der Waals surface area contributed by atoms with Gasteiger partial charge in [0.1, 0.15) is 17.5 Å². The van der Waals surface area contributed by atoms with Gasteiger partial charge in [0.25, 0.3) is 5.91 Å². The van der Waals surface area contributed by atoms with Gasteiger partial charge in [-0.05, 0) is 24.2 Å². The zero-order valence-electron chi connectivity index (χ0n) is 15.7. The van der Waals surface area contributed by atoms with E-state index in [1.54, 1.807) is 20.8 Å². The number of alkyl halides is 3. The third-order valence-corrected chi connectivity index (χ3v) is 4.27. The molecule has 2 rings (SSSR count). The van der Waals surface area contributed by atoms with Crippen LogP contribution in [0.1, 0.15) is 62.5 Å². The molecule has 1 aromatic rings. The summed E-state index contributed by atoms with van der Waals surface area (Å²) in [6.45, 7) is 5.78. The maximum absolute atomic E-state index is 14.0. The van der Waals surface area contributed by atoms with Gasteiger partial charge >= 0.3 is 12.3 Å². The second-order valence-corrected chi connectivity index (χ2v) is 7.95. The highest BCUT2D eigenvalue weighted by Gasteiger charge is 2.40. The van der Waals surface area contributed by atoms with Crippen LogP contribution in [0.3, 0.4) is 0 Å². The second kappa shape index (κ2) is 7.36. The average Bonchev–Trinajstić information content (AvgIpc) is 3.35. The van der Waals surface area contributed by atoms with Crippen LogP contribution in [0.4, 0.5) is 13.2 Å². The largest absolute Gasteiger partial charge is 0.452 e. The highest BCUT2D eigenvalue weighted by molar-refractivity contribution is 5.96. The van der Waals surface area contributed by atoms with E-state index in [1.165, 1.54) is 6.20 Å². The lowest BCUT2D eigenvalue weighted by Crippen LogP contribution is -2.52. The molecule has 0 aliphatic heterocycles. The van der Waals surface area contributed by atoms with Gasteiger partial charge in [0.2, 0.25) is 5.91 Å². The molecule has 2 amide bonds. The van der Waals surface area contributed by atoms with Crippen molar-refractivity contribution in [2.75, 3.05) is 0 Å². The van der Waals surface area contributed by atoms with Gasteiger partial charge in [-0.15, -0.1) is 0 Å². The van der Waals surface area contributed by atoms with Gasteiger partial charge in [-0.2, -0.15) is 4.39 Å². The molecule has 2 atom stereocenters. The fourth-order valence-corrected chi connectivity index (χ4v) is 2.54. The highest BCUT2D eigenvalue weighted by atomic mass is 19.3. The van der Waals surface area contributed by atoms with E-state index in [9.17, 15) is 22.8 Å². The van der Waals surface area contributed by atoms with Gasteiger partial charge in [-0.3, -0.25) is 14.6 Å². The minimum atomic E-state index is -3.37. The van der Waals surface area contributed by atoms with Gasteiger partial charge in [-0.25, -0.2) is 8.78 Å². The minimum Gasteiger partial charge on any atom is -0.452 e. The fraction of sp³-hybridized carbons (Fsp3) is 0.611. The molecule has 27 heavy (non-hydrogen) atoms. The van der Waals surface area contributed by atoms with E-state index in [0.29, 0.717) is 12.5 Å². The van der Waals surface area contributed by atoms with Gasteiger partial charge in [0.05, 0.1) is 0 Å². The van der Waals surface area contributed by atoms with Crippen LogP contribution >= 0.6 is 0 Å². The zero-order valence-corrected chi connectivity index (χ0v) is 15.7. The monoisotopic (exact) mass is 387 g/mol. The molecule has 0 radical (unpaired) electrons. The van der Waals surface area contributed by atoms with Gasteiger partial charge in [0, 0.05) is 24.8 Å². The standard InChI is InChI=1S/C18H24F3N3O3/c1-17(2,3)13(14(22)25)24-15(26)11-7-12(27-18(4,21)16(19)20)10(8-23-11)9-5-6-9/h7-9,13,16H,5-6H2,1-4H3,(H2,22,25)(H,24,26)/t13?,18-/m1/s1. The number of halogens is 3. The third-order valence-electron chi connectivity index (χ3n) is 4.27. The van der Waals surface area contributed by atoms with Crippen molar-refractivity contribution in [3.8, 4) is 5.75 Å². The number of aromatic nitrogens is 1. The lowest BCUT2D eigenvalue weighted by molar-refractivity contribution is -0.153. The molecule has 0 spiro atoms. The summed E-state index contributed by atoms with van der Waals surface area (Å²) in [7, 11) is 0. The Balaban J connectivity index is 2.31. The number of ether oxygens (including phenoxy) is 1. The molecular weight excluding hydrogens is 363 g/mol. The van der Waals surface area contributed by atoms with Crippen LogP contribution in [0.2, 0.25) is 0 Å². The summed E-state index contributed by atoms with van der Waals surface area (Å²) in [6.07, 6.45) is -0.445. The second-order valence-electron chi connectivity index (χ2n) is 7.95. The molecule has 1 saturated carbocycles. The molecule has 1 fully saturated rings. The number of hydrogen-bond acceptors (Lipinski definition) is 4. The molecule has 0 saturated heterocycles. The third kappa shape index (κ3) is 5.11. The van der Waals surface area contributed by atoms with Crippen LogP contribution in [-0.4, -0.2) is 35.1 Å². The van der Waals surface area contributed by atoms with Crippen LogP contribution in [0.15, 0.2) is 12.3 Å². The summed E-state index contributed by atoms with van der Waals surface area (Å²) >= 11 is 0. The van der Waals surface area contributed by atoms with Crippen LogP contribution in [0.5, 0.6) is 5.75 Å². The number of nitrogens with two attached hydrogens (primary N) is 1. The number of pyridine rings is 1. The predicted octanol–water partition coefficient (Wildman–Crippen LogP) is 2.92. The summed E-state index contributed by atoms with van der Waals surface area (Å²) in [5.41, 5.74) is 4.97. The smallest absolute Gasteiger partial charge is 0.306 e. The van der Waals surface area contributed by atoms with E-state index in [2.05, 4.69) is 10.3 Å². The summed E-state index contributed by atoms with van der Waals surface area (Å²) in [5.74, 6) is -4.80. The van der Waals surface area contributed by atoms with Crippen molar-refractivity contribution in [1.29, 1.82) is 0 Å². The molecule has 1 heterocycles. The van der Waals surface area contributed by atoms with E-state index in [0.717, 1.165) is 18.9 Å². The number of carbonyl (C=O) groups excluding carboxylic acids is 2. The minimum absolute atomic E-state index is 0.0334. The number of carbonyl (C=O) groups is 2. The highest BCUT2D eigenvalue weighted by Crippen LogP contribution is 2.45. The van der Waals surface area contributed by atoms with Crippen LogP contribution < -0.4 is 15.8 Å². The van der Waals surface area contributed by atoms with E-state index >= 15 is 0 Å². The summed E-state index contributed by atoms with van der Waals surface area (Å²) in [6, 6.07) is 0.135. The van der Waals surface area contributed by atoms with Crippen LogP contribution in [0, 0.1) is 5.41 Å². The van der Waals surface area contributed by atoms with Crippen molar-refractivity contribution in [2.24, 2.45) is 11.1 Å². The number of hydrogen-bond donors (Lipinski definition) is 2. The Labute approximate surface area is 155 Å². The van der Waals surface area contributed by atoms with E-state index in [-0.39, 0.29) is 17.4 Å². The Morgan fingerprint density at radius 2 is 1.89 bits per heavy atom. The van der Waals surface area contributed by atoms with Gasteiger partial charge in [-0.1, -0.05) is 20.8 Å². The maximum atomic E-state index is 14.0. The van der Waals surface area contributed by atoms with Gasteiger partial charge < -0.3 is 15.8 Å². The van der Waals surface area contributed by atoms with E-state index in [1.807, 2.05) is 0 Å².